The number of amides is 1. The molecule has 1 heterocycles. The van der Waals surface area contributed by atoms with Crippen LogP contribution in [0.15, 0.2) is 24.3 Å². The number of methoxy groups -OCH3 is 1. The van der Waals surface area contributed by atoms with Gasteiger partial charge in [0.25, 0.3) is 0 Å². The number of hydrogen-bond donors (Lipinski definition) is 2. The normalized spacial score (nSPS) is 34.6. The number of benzene rings is 1. The molecular weight excluding hydrogens is 302 g/mol. The Labute approximate surface area is 143 Å². The van der Waals surface area contributed by atoms with Gasteiger partial charge in [-0.25, -0.2) is 0 Å². The van der Waals surface area contributed by atoms with Gasteiger partial charge in [0.05, 0.1) is 18.7 Å². The van der Waals surface area contributed by atoms with Crippen LogP contribution in [0.4, 0.5) is 5.69 Å². The Morgan fingerprint density at radius 3 is 2.79 bits per heavy atom. The lowest BCUT2D eigenvalue weighted by Gasteiger charge is -2.28. The Hall–Kier alpha value is -1.75. The van der Waals surface area contributed by atoms with Crippen LogP contribution < -0.4 is 20.7 Å². The summed E-state index contributed by atoms with van der Waals surface area (Å²) in [5.41, 5.74) is 7.41. The van der Waals surface area contributed by atoms with Gasteiger partial charge in [-0.2, -0.15) is 0 Å². The minimum Gasteiger partial charge on any atom is -0.495 e. The van der Waals surface area contributed by atoms with E-state index in [9.17, 15) is 4.79 Å². The molecule has 1 saturated heterocycles. The van der Waals surface area contributed by atoms with Gasteiger partial charge in [0, 0.05) is 25.2 Å². The van der Waals surface area contributed by atoms with Gasteiger partial charge in [0.1, 0.15) is 5.75 Å². The number of nitrogens with zero attached hydrogens (tertiary/aromatic N) is 1. The second-order valence-electron chi connectivity index (χ2n) is 7.55. The van der Waals surface area contributed by atoms with Crippen LogP contribution in [0.5, 0.6) is 5.75 Å². The number of para-hydroxylation sites is 2. The number of rotatable bonds is 4. The largest absolute Gasteiger partial charge is 0.495 e. The fourth-order valence-electron chi connectivity index (χ4n) is 5.01. The Balaban J connectivity index is 1.38. The van der Waals surface area contributed by atoms with Crippen LogP contribution >= 0.6 is 0 Å². The summed E-state index contributed by atoms with van der Waals surface area (Å²) >= 11 is 0. The average Bonchev–Trinajstić information content (AvgIpc) is 3.30. The summed E-state index contributed by atoms with van der Waals surface area (Å²) < 4.78 is 5.46. The zero-order chi connectivity index (χ0) is 16.7. The second-order valence-corrected chi connectivity index (χ2v) is 7.55. The number of ether oxygens (including phenoxy) is 1. The Bertz CT molecular complexity index is 618. The smallest absolute Gasteiger partial charge is 0.225 e. The van der Waals surface area contributed by atoms with Crippen LogP contribution in [-0.2, 0) is 4.79 Å². The van der Waals surface area contributed by atoms with E-state index < -0.39 is 0 Å². The van der Waals surface area contributed by atoms with Gasteiger partial charge >= 0.3 is 0 Å². The van der Waals surface area contributed by atoms with E-state index in [1.165, 1.54) is 12.8 Å². The lowest BCUT2D eigenvalue weighted by Crippen LogP contribution is -2.48. The maximum Gasteiger partial charge on any atom is 0.225 e. The number of fused-ring (bicyclic) bond motifs is 2. The van der Waals surface area contributed by atoms with Gasteiger partial charge in [0.2, 0.25) is 5.91 Å². The monoisotopic (exact) mass is 329 g/mol. The van der Waals surface area contributed by atoms with Crippen molar-refractivity contribution in [2.24, 2.45) is 23.5 Å². The third-order valence-corrected chi connectivity index (χ3v) is 6.24. The lowest BCUT2D eigenvalue weighted by molar-refractivity contribution is -0.127. The molecule has 1 aromatic rings. The number of nitrogens with one attached hydrogen (secondary N) is 1. The van der Waals surface area contributed by atoms with Gasteiger partial charge in [-0.05, 0) is 49.7 Å². The first-order valence-corrected chi connectivity index (χ1v) is 9.11. The van der Waals surface area contributed by atoms with Crippen molar-refractivity contribution in [1.82, 2.24) is 5.32 Å². The highest BCUT2D eigenvalue weighted by atomic mass is 16.5. The molecule has 5 unspecified atom stereocenters. The van der Waals surface area contributed by atoms with Crippen LogP contribution in [0.1, 0.15) is 25.7 Å². The fourth-order valence-corrected chi connectivity index (χ4v) is 5.01. The molecule has 3 fully saturated rings. The summed E-state index contributed by atoms with van der Waals surface area (Å²) in [4.78, 5) is 15.0. The van der Waals surface area contributed by atoms with Crippen molar-refractivity contribution in [3.8, 4) is 5.75 Å². The number of anilines is 1. The van der Waals surface area contributed by atoms with Crippen LogP contribution in [0.2, 0.25) is 0 Å². The maximum absolute atomic E-state index is 12.7. The first-order valence-electron chi connectivity index (χ1n) is 9.11. The highest BCUT2D eigenvalue weighted by Crippen LogP contribution is 2.47. The first-order chi connectivity index (χ1) is 11.7. The number of hydrogen-bond acceptors (Lipinski definition) is 4. The van der Waals surface area contributed by atoms with Crippen LogP contribution in [0.25, 0.3) is 0 Å². The first kappa shape index (κ1) is 15.8. The summed E-state index contributed by atoms with van der Waals surface area (Å²) in [5, 5.41) is 3.27. The second kappa shape index (κ2) is 6.28. The highest BCUT2D eigenvalue weighted by Gasteiger charge is 2.49. The molecule has 0 radical (unpaired) electrons. The van der Waals surface area contributed by atoms with E-state index in [1.807, 2.05) is 18.2 Å². The fraction of sp³-hybridized carbons (Fsp3) is 0.632. The molecule has 5 nitrogen and oxygen atoms in total. The van der Waals surface area contributed by atoms with Crippen molar-refractivity contribution in [3.05, 3.63) is 24.3 Å². The minimum atomic E-state index is 0.0315. The summed E-state index contributed by atoms with van der Waals surface area (Å²) in [7, 11) is 1.70. The third kappa shape index (κ3) is 2.65. The molecule has 0 spiro atoms. The SMILES string of the molecule is COc1ccccc1N1CCC(NC(=O)C2C3CCC(C3)C2N)C1. The predicted octanol–water partition coefficient (Wildman–Crippen LogP) is 1.76. The average molecular weight is 329 g/mol. The zero-order valence-corrected chi connectivity index (χ0v) is 14.3. The van der Waals surface area contributed by atoms with Gasteiger partial charge in [-0.3, -0.25) is 4.79 Å². The van der Waals surface area contributed by atoms with Crippen LogP contribution in [-0.4, -0.2) is 38.2 Å². The van der Waals surface area contributed by atoms with Gasteiger partial charge in [-0.15, -0.1) is 0 Å². The molecule has 130 valence electrons. The molecule has 1 amide bonds. The molecule has 5 atom stereocenters. The summed E-state index contributed by atoms with van der Waals surface area (Å²) in [5.74, 6) is 2.18. The molecule has 2 bridgehead atoms. The number of carbonyl (C=O) groups is 1. The minimum absolute atomic E-state index is 0.0315. The quantitative estimate of drug-likeness (QED) is 0.883. The molecule has 3 aliphatic rings. The highest BCUT2D eigenvalue weighted by molar-refractivity contribution is 5.81. The van der Waals surface area contributed by atoms with Gasteiger partial charge in [0.15, 0.2) is 0 Å². The van der Waals surface area contributed by atoms with E-state index in [1.54, 1.807) is 7.11 Å². The molecule has 1 aromatic carbocycles. The summed E-state index contributed by atoms with van der Waals surface area (Å²) in [6.45, 7) is 1.77. The maximum atomic E-state index is 12.7. The lowest BCUT2D eigenvalue weighted by atomic mass is 9.84. The van der Waals surface area contributed by atoms with Gasteiger partial charge < -0.3 is 20.7 Å². The van der Waals surface area contributed by atoms with E-state index in [-0.39, 0.29) is 23.9 Å². The van der Waals surface area contributed by atoms with Crippen molar-refractivity contribution in [2.45, 2.75) is 37.8 Å². The molecule has 5 heteroatoms. The predicted molar refractivity (Wildman–Crippen MR) is 94.1 cm³/mol. The van der Waals surface area contributed by atoms with Crippen LogP contribution in [0.3, 0.4) is 0 Å². The molecule has 3 N–H and O–H groups in total. The van der Waals surface area contributed by atoms with E-state index in [0.717, 1.165) is 37.4 Å². The van der Waals surface area contributed by atoms with E-state index >= 15 is 0 Å². The zero-order valence-electron chi connectivity index (χ0n) is 14.3. The molecular formula is C19H27N3O2. The Kier molecular flexibility index (Phi) is 4.12. The topological polar surface area (TPSA) is 67.6 Å². The van der Waals surface area contributed by atoms with Crippen molar-refractivity contribution >= 4 is 11.6 Å². The van der Waals surface area contributed by atoms with Crippen LogP contribution in [0, 0.1) is 17.8 Å². The molecule has 1 aliphatic heterocycles. The van der Waals surface area contributed by atoms with E-state index in [4.69, 9.17) is 10.5 Å². The summed E-state index contributed by atoms with van der Waals surface area (Å²) in [6.07, 6.45) is 4.51. The van der Waals surface area contributed by atoms with Crippen molar-refractivity contribution < 1.29 is 9.53 Å². The van der Waals surface area contributed by atoms with Crippen molar-refractivity contribution in [1.29, 1.82) is 0 Å². The van der Waals surface area contributed by atoms with Crippen molar-refractivity contribution in [2.75, 3.05) is 25.1 Å². The molecule has 4 rings (SSSR count). The van der Waals surface area contributed by atoms with Gasteiger partial charge in [-0.1, -0.05) is 12.1 Å². The molecule has 0 aromatic heterocycles. The standard InChI is InChI=1S/C19H27N3O2/c1-24-16-5-3-2-4-15(16)22-9-8-14(11-22)21-19(23)17-12-6-7-13(10-12)18(17)20/h2-5,12-14,17-18H,6-11,20H2,1H3,(H,21,23). The van der Waals surface area contributed by atoms with E-state index in [0.29, 0.717) is 11.8 Å². The summed E-state index contributed by atoms with van der Waals surface area (Å²) in [6, 6.07) is 8.33. The number of nitrogens with two attached hydrogens (primary N) is 1. The van der Waals surface area contributed by atoms with E-state index in [2.05, 4.69) is 16.3 Å². The van der Waals surface area contributed by atoms with Crippen molar-refractivity contribution in [3.63, 3.8) is 0 Å². The third-order valence-electron chi connectivity index (χ3n) is 6.24. The Morgan fingerprint density at radius 2 is 2.04 bits per heavy atom. The molecule has 2 aliphatic carbocycles. The molecule has 24 heavy (non-hydrogen) atoms. The number of carbonyl (C=O) groups excluding carboxylic acids is 1. The Morgan fingerprint density at radius 1 is 1.25 bits per heavy atom. The molecule has 2 saturated carbocycles.